The number of rotatable bonds is 3. The first-order valence-electron chi connectivity index (χ1n) is 7.21. The van der Waals surface area contributed by atoms with E-state index in [4.69, 9.17) is 0 Å². The molecule has 0 bridgehead atoms. The zero-order valence-corrected chi connectivity index (χ0v) is 11.5. The highest BCUT2D eigenvalue weighted by Gasteiger charge is 2.15. The van der Waals surface area contributed by atoms with E-state index < -0.39 is 0 Å². The van der Waals surface area contributed by atoms with Crippen molar-refractivity contribution >= 4 is 0 Å². The van der Waals surface area contributed by atoms with Crippen molar-refractivity contribution in [3.8, 4) is 11.1 Å². The van der Waals surface area contributed by atoms with E-state index in [9.17, 15) is 0 Å². The summed E-state index contributed by atoms with van der Waals surface area (Å²) in [6.07, 6.45) is 7.63. The van der Waals surface area contributed by atoms with Crippen LogP contribution in [-0.4, -0.2) is 22.9 Å². The summed E-state index contributed by atoms with van der Waals surface area (Å²) in [6, 6.07) is 9.31. The largest absolute Gasteiger partial charge is 0.317 e. The monoisotopic (exact) mass is 255 g/mol. The van der Waals surface area contributed by atoms with Gasteiger partial charge in [0.25, 0.3) is 0 Å². The Balaban J connectivity index is 1.83. The summed E-state index contributed by atoms with van der Waals surface area (Å²) in [6.45, 7) is 4.40. The molecule has 1 aliphatic rings. The smallest absolute Gasteiger partial charge is 0.0568 e. The van der Waals surface area contributed by atoms with E-state index in [-0.39, 0.29) is 0 Å². The summed E-state index contributed by atoms with van der Waals surface area (Å²) < 4.78 is 2.15. The van der Waals surface area contributed by atoms with Crippen LogP contribution >= 0.6 is 0 Å². The fraction of sp³-hybridized carbons (Fsp3) is 0.438. The van der Waals surface area contributed by atoms with Gasteiger partial charge < -0.3 is 5.32 Å². The maximum Gasteiger partial charge on any atom is 0.0568 e. The summed E-state index contributed by atoms with van der Waals surface area (Å²) >= 11 is 0. The van der Waals surface area contributed by atoms with Gasteiger partial charge in [-0.15, -0.1) is 0 Å². The lowest BCUT2D eigenvalue weighted by Crippen LogP contribution is -2.29. The molecule has 0 spiro atoms. The number of aromatic nitrogens is 2. The second-order valence-electron chi connectivity index (χ2n) is 5.24. The van der Waals surface area contributed by atoms with Crippen molar-refractivity contribution in [3.63, 3.8) is 0 Å². The second-order valence-corrected chi connectivity index (χ2v) is 5.24. The van der Waals surface area contributed by atoms with Gasteiger partial charge in [-0.1, -0.05) is 31.2 Å². The van der Waals surface area contributed by atoms with Crippen LogP contribution in [-0.2, 0) is 6.42 Å². The minimum absolute atomic E-state index is 0.560. The van der Waals surface area contributed by atoms with E-state index in [1.165, 1.54) is 29.5 Å². The molecule has 2 heterocycles. The molecule has 3 nitrogen and oxygen atoms in total. The van der Waals surface area contributed by atoms with Crippen LogP contribution < -0.4 is 5.32 Å². The van der Waals surface area contributed by atoms with Gasteiger partial charge >= 0.3 is 0 Å². The molecule has 19 heavy (non-hydrogen) atoms. The van der Waals surface area contributed by atoms with E-state index in [1.807, 2.05) is 6.20 Å². The van der Waals surface area contributed by atoms with Crippen LogP contribution in [0.25, 0.3) is 11.1 Å². The van der Waals surface area contributed by atoms with Gasteiger partial charge in [0, 0.05) is 11.8 Å². The highest BCUT2D eigenvalue weighted by molar-refractivity contribution is 5.62. The first kappa shape index (κ1) is 12.4. The van der Waals surface area contributed by atoms with Gasteiger partial charge in [0.05, 0.1) is 12.2 Å². The summed E-state index contributed by atoms with van der Waals surface area (Å²) in [4.78, 5) is 0. The highest BCUT2D eigenvalue weighted by atomic mass is 15.3. The predicted molar refractivity (Wildman–Crippen MR) is 78.2 cm³/mol. The molecule has 3 heteroatoms. The van der Waals surface area contributed by atoms with Crippen LogP contribution in [0.15, 0.2) is 36.7 Å². The number of hydrogen-bond donors (Lipinski definition) is 1. The Morgan fingerprint density at radius 1 is 1.26 bits per heavy atom. The minimum atomic E-state index is 0.560. The standard InChI is InChI=1S/C16H21N3/c1-2-13-4-3-5-14(10-13)15-11-18-19(12-15)16-6-8-17-9-7-16/h3-5,10-12,16-17H,2,6-9H2,1H3. The maximum absolute atomic E-state index is 4.56. The van der Waals surface area contributed by atoms with Crippen molar-refractivity contribution in [2.75, 3.05) is 13.1 Å². The van der Waals surface area contributed by atoms with Gasteiger partial charge in [0.15, 0.2) is 0 Å². The van der Waals surface area contributed by atoms with Crippen LogP contribution in [0.3, 0.4) is 0 Å². The zero-order chi connectivity index (χ0) is 13.1. The zero-order valence-electron chi connectivity index (χ0n) is 11.5. The lowest BCUT2D eigenvalue weighted by molar-refractivity contribution is 0.343. The third-order valence-electron chi connectivity index (χ3n) is 3.95. The fourth-order valence-corrected chi connectivity index (χ4v) is 2.73. The molecule has 0 saturated carbocycles. The summed E-state index contributed by atoms with van der Waals surface area (Å²) in [5.74, 6) is 0. The van der Waals surface area contributed by atoms with Crippen molar-refractivity contribution in [2.45, 2.75) is 32.2 Å². The number of aryl methyl sites for hydroxylation is 1. The molecule has 1 aliphatic heterocycles. The molecule has 1 fully saturated rings. The van der Waals surface area contributed by atoms with Crippen LogP contribution in [0.4, 0.5) is 0 Å². The lowest BCUT2D eigenvalue weighted by atomic mass is 10.0. The van der Waals surface area contributed by atoms with E-state index in [0.717, 1.165) is 19.5 Å². The Bertz CT molecular complexity index is 538. The first-order valence-corrected chi connectivity index (χ1v) is 7.21. The minimum Gasteiger partial charge on any atom is -0.317 e. The fourth-order valence-electron chi connectivity index (χ4n) is 2.73. The van der Waals surface area contributed by atoms with Crippen molar-refractivity contribution in [1.29, 1.82) is 0 Å². The van der Waals surface area contributed by atoms with Crippen LogP contribution in [0, 0.1) is 0 Å². The van der Waals surface area contributed by atoms with Gasteiger partial charge in [-0.2, -0.15) is 5.10 Å². The summed E-state index contributed by atoms with van der Waals surface area (Å²) in [5.41, 5.74) is 3.89. The second kappa shape index (κ2) is 5.57. The molecule has 2 aromatic rings. The number of piperidine rings is 1. The third kappa shape index (κ3) is 2.71. The molecule has 1 saturated heterocycles. The molecule has 100 valence electrons. The van der Waals surface area contributed by atoms with Gasteiger partial charge in [-0.25, -0.2) is 0 Å². The Morgan fingerprint density at radius 2 is 2.11 bits per heavy atom. The lowest BCUT2D eigenvalue weighted by Gasteiger charge is -2.22. The molecular weight excluding hydrogens is 234 g/mol. The van der Waals surface area contributed by atoms with Crippen molar-refractivity contribution in [2.24, 2.45) is 0 Å². The Morgan fingerprint density at radius 3 is 2.89 bits per heavy atom. The van der Waals surface area contributed by atoms with E-state index in [0.29, 0.717) is 6.04 Å². The molecule has 3 rings (SSSR count). The van der Waals surface area contributed by atoms with Gasteiger partial charge in [-0.3, -0.25) is 4.68 Å². The number of benzene rings is 1. The molecule has 1 aromatic carbocycles. The van der Waals surface area contributed by atoms with E-state index in [2.05, 4.69) is 52.5 Å². The molecule has 0 aliphatic carbocycles. The molecule has 1 N–H and O–H groups in total. The van der Waals surface area contributed by atoms with Crippen molar-refractivity contribution < 1.29 is 0 Å². The highest BCUT2D eigenvalue weighted by Crippen LogP contribution is 2.24. The SMILES string of the molecule is CCc1cccc(-c2cnn(C3CCNCC3)c2)c1. The Kier molecular flexibility index (Phi) is 3.65. The molecular formula is C16H21N3. The van der Waals surface area contributed by atoms with Crippen molar-refractivity contribution in [3.05, 3.63) is 42.2 Å². The Labute approximate surface area is 114 Å². The number of nitrogens with one attached hydrogen (secondary N) is 1. The van der Waals surface area contributed by atoms with Gasteiger partial charge in [-0.05, 0) is 43.5 Å². The molecule has 1 aromatic heterocycles. The predicted octanol–water partition coefficient (Wildman–Crippen LogP) is 3.04. The van der Waals surface area contributed by atoms with Gasteiger partial charge in [0.1, 0.15) is 0 Å². The average molecular weight is 255 g/mol. The molecule has 0 atom stereocenters. The van der Waals surface area contributed by atoms with Crippen LogP contribution in [0.1, 0.15) is 31.4 Å². The Hall–Kier alpha value is -1.61. The number of hydrogen-bond acceptors (Lipinski definition) is 2. The molecule has 0 unspecified atom stereocenters. The quantitative estimate of drug-likeness (QED) is 0.913. The van der Waals surface area contributed by atoms with E-state index >= 15 is 0 Å². The third-order valence-corrected chi connectivity index (χ3v) is 3.95. The summed E-state index contributed by atoms with van der Waals surface area (Å²) in [7, 11) is 0. The van der Waals surface area contributed by atoms with Crippen LogP contribution in [0.2, 0.25) is 0 Å². The average Bonchev–Trinajstić information content (AvgIpc) is 2.98. The summed E-state index contributed by atoms with van der Waals surface area (Å²) in [5, 5.41) is 7.96. The normalized spacial score (nSPS) is 16.7. The number of nitrogens with zero attached hydrogens (tertiary/aromatic N) is 2. The molecule has 0 radical (unpaired) electrons. The van der Waals surface area contributed by atoms with E-state index in [1.54, 1.807) is 0 Å². The maximum atomic E-state index is 4.56. The molecule has 0 amide bonds. The first-order chi connectivity index (χ1) is 9.36. The van der Waals surface area contributed by atoms with Crippen molar-refractivity contribution in [1.82, 2.24) is 15.1 Å². The van der Waals surface area contributed by atoms with Crippen LogP contribution in [0.5, 0.6) is 0 Å². The topological polar surface area (TPSA) is 29.9 Å². The van der Waals surface area contributed by atoms with Gasteiger partial charge in [0.2, 0.25) is 0 Å².